The fourth-order valence-corrected chi connectivity index (χ4v) is 3.19. The summed E-state index contributed by atoms with van der Waals surface area (Å²) in [5, 5.41) is 28.2. The van der Waals surface area contributed by atoms with Gasteiger partial charge in [0.2, 0.25) is 5.69 Å². The van der Waals surface area contributed by atoms with Crippen LogP contribution in [-0.2, 0) is 6.54 Å². The number of nitrogens with one attached hydrogen (secondary N) is 1. The summed E-state index contributed by atoms with van der Waals surface area (Å²) in [6.07, 6.45) is 1.16. The molecule has 0 bridgehead atoms. The Morgan fingerprint density at radius 2 is 1.83 bits per heavy atom. The zero-order valence-corrected chi connectivity index (χ0v) is 15.2. The van der Waals surface area contributed by atoms with Gasteiger partial charge in [0.25, 0.3) is 11.6 Å². The van der Waals surface area contributed by atoms with Crippen molar-refractivity contribution >= 4 is 54.8 Å². The van der Waals surface area contributed by atoms with Crippen molar-refractivity contribution in [2.45, 2.75) is 13.5 Å². The van der Waals surface area contributed by atoms with Gasteiger partial charge in [-0.25, -0.2) is 0 Å². The van der Waals surface area contributed by atoms with E-state index in [4.69, 9.17) is 0 Å². The molecule has 0 radical (unpaired) electrons. The summed E-state index contributed by atoms with van der Waals surface area (Å²) in [5.74, 6) is -0.802. The number of non-ortho nitro benzene ring substituents is 1. The van der Waals surface area contributed by atoms with E-state index in [1.54, 1.807) is 6.92 Å². The minimum Gasteiger partial charge on any atom is -0.318 e. The molecule has 1 heterocycles. The first kappa shape index (κ1) is 18.0. The molecule has 0 fully saturated rings. The number of nitro groups is 2. The lowest BCUT2D eigenvalue weighted by Gasteiger charge is -2.08. The van der Waals surface area contributed by atoms with Crippen LogP contribution in [0.2, 0.25) is 0 Å². The molecule has 0 aliphatic heterocycles. The van der Waals surface area contributed by atoms with Crippen LogP contribution < -0.4 is 5.32 Å². The first-order valence-electron chi connectivity index (χ1n) is 6.41. The largest absolute Gasteiger partial charge is 0.320 e. The second kappa shape index (κ2) is 7.05. The number of nitrogens with zero attached hydrogens (tertiary/aromatic N) is 4. The van der Waals surface area contributed by atoms with Crippen molar-refractivity contribution in [2.24, 2.45) is 0 Å². The molecule has 0 spiro atoms. The molecule has 2 aromatic rings. The van der Waals surface area contributed by atoms with Crippen molar-refractivity contribution < 1.29 is 14.6 Å². The summed E-state index contributed by atoms with van der Waals surface area (Å²) in [7, 11) is 0. The van der Waals surface area contributed by atoms with Crippen LogP contribution in [-0.4, -0.2) is 25.5 Å². The smallest absolute Gasteiger partial charge is 0.318 e. The van der Waals surface area contributed by atoms with Gasteiger partial charge in [-0.2, -0.15) is 5.10 Å². The first-order chi connectivity index (χ1) is 11.2. The lowest BCUT2D eigenvalue weighted by molar-refractivity contribution is -0.385. The molecule has 126 valence electrons. The Bertz CT molecular complexity index is 827. The van der Waals surface area contributed by atoms with Crippen molar-refractivity contribution in [3.05, 3.63) is 53.2 Å². The Labute approximate surface area is 151 Å². The van der Waals surface area contributed by atoms with Gasteiger partial charge in [-0.15, -0.1) is 0 Å². The number of rotatable bonds is 5. The van der Waals surface area contributed by atoms with Crippen LogP contribution in [0.4, 0.5) is 17.1 Å². The molecule has 24 heavy (non-hydrogen) atoms. The van der Waals surface area contributed by atoms with E-state index in [1.807, 2.05) is 0 Å². The van der Waals surface area contributed by atoms with Crippen LogP contribution in [0.5, 0.6) is 0 Å². The van der Waals surface area contributed by atoms with Crippen LogP contribution in [0, 0.1) is 20.2 Å². The zero-order valence-electron chi connectivity index (χ0n) is 12.0. The summed E-state index contributed by atoms with van der Waals surface area (Å²) < 4.78 is 1.76. The van der Waals surface area contributed by atoms with Gasteiger partial charge in [0.1, 0.15) is 6.20 Å². The monoisotopic (exact) mass is 461 g/mol. The number of hydrogen-bond donors (Lipinski definition) is 1. The van der Waals surface area contributed by atoms with E-state index in [-0.39, 0.29) is 26.0 Å². The highest BCUT2D eigenvalue weighted by molar-refractivity contribution is 9.11. The van der Waals surface area contributed by atoms with E-state index < -0.39 is 21.4 Å². The molecule has 0 aliphatic carbocycles. The summed E-state index contributed by atoms with van der Waals surface area (Å²) in [6.45, 7) is 2.08. The third-order valence-electron chi connectivity index (χ3n) is 2.95. The van der Waals surface area contributed by atoms with Gasteiger partial charge in [-0.3, -0.25) is 29.7 Å². The Morgan fingerprint density at radius 3 is 2.29 bits per heavy atom. The van der Waals surface area contributed by atoms with Crippen molar-refractivity contribution in [1.29, 1.82) is 0 Å². The Kier molecular flexibility index (Phi) is 5.29. The Morgan fingerprint density at radius 1 is 1.25 bits per heavy atom. The van der Waals surface area contributed by atoms with Crippen molar-refractivity contribution in [3.8, 4) is 0 Å². The van der Waals surface area contributed by atoms with Crippen molar-refractivity contribution in [1.82, 2.24) is 9.78 Å². The summed E-state index contributed by atoms with van der Waals surface area (Å²) in [6, 6.07) is 2.42. The fourth-order valence-electron chi connectivity index (χ4n) is 1.83. The molecule has 1 aromatic carbocycles. The SMILES string of the molecule is CCn1cc([N+](=O)[O-])c(C(=O)Nc2c(Br)cc([N+](=O)[O-])cc2Br)n1. The second-order valence-electron chi connectivity index (χ2n) is 4.47. The minimum atomic E-state index is -0.802. The highest BCUT2D eigenvalue weighted by Crippen LogP contribution is 2.35. The number of aromatic nitrogens is 2. The van der Waals surface area contributed by atoms with E-state index in [2.05, 4.69) is 42.3 Å². The van der Waals surface area contributed by atoms with Gasteiger partial charge >= 0.3 is 5.69 Å². The minimum absolute atomic E-state index is 0.187. The van der Waals surface area contributed by atoms with Crippen LogP contribution in [0.15, 0.2) is 27.3 Å². The third-order valence-corrected chi connectivity index (χ3v) is 4.21. The van der Waals surface area contributed by atoms with Crippen molar-refractivity contribution in [2.75, 3.05) is 5.32 Å². The highest BCUT2D eigenvalue weighted by atomic mass is 79.9. The number of carbonyl (C=O) groups is 1. The summed E-state index contributed by atoms with van der Waals surface area (Å²) in [4.78, 5) is 32.9. The molecule has 1 aromatic heterocycles. The molecule has 0 aliphatic rings. The third kappa shape index (κ3) is 3.59. The lowest BCUT2D eigenvalue weighted by atomic mass is 10.2. The van der Waals surface area contributed by atoms with E-state index in [9.17, 15) is 25.0 Å². The summed E-state index contributed by atoms with van der Waals surface area (Å²) in [5.41, 5.74) is -0.763. The standard InChI is InChI=1S/C12H9Br2N5O5/c1-2-17-5-9(19(23)24)11(16-17)12(20)15-10-7(13)3-6(18(21)22)4-8(10)14/h3-5H,2H2,1H3,(H,15,20). The molecule has 12 heteroatoms. The van der Waals surface area contributed by atoms with Gasteiger partial charge in [0.05, 0.1) is 15.5 Å². The van der Waals surface area contributed by atoms with Gasteiger partial charge in [-0.1, -0.05) is 0 Å². The van der Waals surface area contributed by atoms with E-state index in [0.717, 1.165) is 6.20 Å². The maximum absolute atomic E-state index is 12.3. The average molecular weight is 463 g/mol. The van der Waals surface area contributed by atoms with Crippen LogP contribution in [0.25, 0.3) is 0 Å². The average Bonchev–Trinajstić information content (AvgIpc) is 2.95. The van der Waals surface area contributed by atoms with Crippen molar-refractivity contribution in [3.63, 3.8) is 0 Å². The Hall–Kier alpha value is -2.34. The molecule has 0 atom stereocenters. The molecule has 0 saturated heterocycles. The van der Waals surface area contributed by atoms with E-state index in [1.165, 1.54) is 16.8 Å². The number of nitro benzene ring substituents is 1. The van der Waals surface area contributed by atoms with Gasteiger partial charge in [0.15, 0.2) is 0 Å². The number of aryl methyl sites for hydroxylation is 1. The molecule has 0 unspecified atom stereocenters. The van der Waals surface area contributed by atoms with Gasteiger partial charge in [0, 0.05) is 27.6 Å². The molecule has 1 amide bonds. The maximum Gasteiger partial charge on any atom is 0.320 e. The predicted octanol–water partition coefficient (Wildman–Crippen LogP) is 3.50. The van der Waals surface area contributed by atoms with E-state index >= 15 is 0 Å². The quantitative estimate of drug-likeness (QED) is 0.533. The zero-order chi connectivity index (χ0) is 18.0. The van der Waals surface area contributed by atoms with Gasteiger partial charge < -0.3 is 5.32 Å². The first-order valence-corrected chi connectivity index (χ1v) is 7.99. The Balaban J connectivity index is 2.39. The van der Waals surface area contributed by atoms with Gasteiger partial charge in [-0.05, 0) is 38.8 Å². The normalized spacial score (nSPS) is 10.5. The molecule has 2 rings (SSSR count). The molecular formula is C12H9Br2N5O5. The number of halogens is 2. The molecular weight excluding hydrogens is 454 g/mol. The maximum atomic E-state index is 12.3. The molecule has 0 saturated carbocycles. The molecule has 10 nitrogen and oxygen atoms in total. The lowest BCUT2D eigenvalue weighted by Crippen LogP contribution is -2.15. The summed E-state index contributed by atoms with van der Waals surface area (Å²) >= 11 is 6.25. The highest BCUT2D eigenvalue weighted by Gasteiger charge is 2.27. The predicted molar refractivity (Wildman–Crippen MR) is 91.0 cm³/mol. The number of benzene rings is 1. The second-order valence-corrected chi connectivity index (χ2v) is 6.18. The van der Waals surface area contributed by atoms with Crippen LogP contribution in [0.3, 0.4) is 0 Å². The van der Waals surface area contributed by atoms with Crippen LogP contribution >= 0.6 is 31.9 Å². The molecule has 1 N–H and O–H groups in total. The number of amides is 1. The van der Waals surface area contributed by atoms with Crippen LogP contribution in [0.1, 0.15) is 17.4 Å². The fraction of sp³-hybridized carbons (Fsp3) is 0.167. The number of carbonyl (C=O) groups excluding carboxylic acids is 1. The topological polar surface area (TPSA) is 133 Å². The van der Waals surface area contributed by atoms with E-state index in [0.29, 0.717) is 6.54 Å². The number of anilines is 1. The number of hydrogen-bond acceptors (Lipinski definition) is 6.